The number of carbonyl (C=O) groups excluding carboxylic acids is 1. The molecule has 2 nitrogen and oxygen atoms in total. The van der Waals surface area contributed by atoms with Crippen LogP contribution in [0.15, 0.2) is 28.7 Å². The number of nitrogens with two attached hydrogens (primary N) is 1. The first kappa shape index (κ1) is 12.0. The number of Topliss-reactive ketones (excluding diaryl/α,β-unsaturated/α-hetero) is 1. The summed E-state index contributed by atoms with van der Waals surface area (Å²) in [5.74, 6) is 2.37. The van der Waals surface area contributed by atoms with Crippen LogP contribution in [0.2, 0.25) is 0 Å². The first-order chi connectivity index (χ1) is 7.13. The fraction of sp³-hybridized carbons (Fsp3) is 0.250. The Hall–Kier alpha value is -1.11. The number of halogens is 1. The second-order valence-electron chi connectivity index (χ2n) is 3.29. The van der Waals surface area contributed by atoms with Crippen LogP contribution in [0.3, 0.4) is 0 Å². The van der Waals surface area contributed by atoms with Gasteiger partial charge >= 0.3 is 0 Å². The lowest BCUT2D eigenvalue weighted by atomic mass is 10.0. The minimum Gasteiger partial charge on any atom is -0.321 e. The SMILES string of the molecule is C#CCC(N)C(=O)Cc1cccc(Br)c1. The van der Waals surface area contributed by atoms with Crippen molar-refractivity contribution in [3.8, 4) is 12.3 Å². The number of carbonyl (C=O) groups is 1. The van der Waals surface area contributed by atoms with E-state index in [9.17, 15) is 4.79 Å². The van der Waals surface area contributed by atoms with E-state index in [1.165, 1.54) is 0 Å². The molecule has 0 aliphatic heterocycles. The number of rotatable bonds is 4. The van der Waals surface area contributed by atoms with Crippen LogP contribution in [0.4, 0.5) is 0 Å². The van der Waals surface area contributed by atoms with Gasteiger partial charge < -0.3 is 5.73 Å². The van der Waals surface area contributed by atoms with E-state index in [4.69, 9.17) is 12.2 Å². The number of ketones is 1. The van der Waals surface area contributed by atoms with Crippen molar-refractivity contribution in [3.05, 3.63) is 34.3 Å². The second-order valence-corrected chi connectivity index (χ2v) is 4.20. The highest BCUT2D eigenvalue weighted by molar-refractivity contribution is 9.10. The van der Waals surface area contributed by atoms with E-state index in [0.717, 1.165) is 10.0 Å². The van der Waals surface area contributed by atoms with Crippen LogP contribution in [0.25, 0.3) is 0 Å². The molecule has 0 spiro atoms. The zero-order valence-corrected chi connectivity index (χ0v) is 9.83. The van der Waals surface area contributed by atoms with Gasteiger partial charge in [-0.1, -0.05) is 28.1 Å². The van der Waals surface area contributed by atoms with E-state index >= 15 is 0 Å². The summed E-state index contributed by atoms with van der Waals surface area (Å²) in [7, 11) is 0. The highest BCUT2D eigenvalue weighted by Crippen LogP contribution is 2.12. The normalized spacial score (nSPS) is 11.8. The van der Waals surface area contributed by atoms with E-state index < -0.39 is 6.04 Å². The number of hydrogen-bond donors (Lipinski definition) is 1. The van der Waals surface area contributed by atoms with Gasteiger partial charge in [0.1, 0.15) is 0 Å². The molecule has 0 saturated heterocycles. The minimum absolute atomic E-state index is 0.0222. The third kappa shape index (κ3) is 3.86. The maximum absolute atomic E-state index is 11.6. The Kier molecular flexibility index (Phi) is 4.54. The highest BCUT2D eigenvalue weighted by Gasteiger charge is 2.12. The summed E-state index contributed by atoms with van der Waals surface area (Å²) in [6.07, 6.45) is 5.73. The molecule has 0 bridgehead atoms. The van der Waals surface area contributed by atoms with Gasteiger partial charge in [0.15, 0.2) is 5.78 Å². The van der Waals surface area contributed by atoms with Crippen LogP contribution in [-0.4, -0.2) is 11.8 Å². The Balaban J connectivity index is 2.63. The summed E-state index contributed by atoms with van der Waals surface area (Å²) in [6.45, 7) is 0. The van der Waals surface area contributed by atoms with E-state index in [1.807, 2.05) is 24.3 Å². The van der Waals surface area contributed by atoms with Crippen molar-refractivity contribution in [3.63, 3.8) is 0 Å². The van der Waals surface area contributed by atoms with Crippen molar-refractivity contribution in [2.45, 2.75) is 18.9 Å². The van der Waals surface area contributed by atoms with E-state index in [2.05, 4.69) is 21.9 Å². The van der Waals surface area contributed by atoms with Crippen LogP contribution in [0.1, 0.15) is 12.0 Å². The minimum atomic E-state index is -0.547. The number of terminal acetylenes is 1. The van der Waals surface area contributed by atoms with Gasteiger partial charge in [0.25, 0.3) is 0 Å². The van der Waals surface area contributed by atoms with Crippen molar-refractivity contribution >= 4 is 21.7 Å². The summed E-state index contributed by atoms with van der Waals surface area (Å²) in [5.41, 5.74) is 6.56. The molecule has 0 aliphatic carbocycles. The molecule has 1 rings (SSSR count). The van der Waals surface area contributed by atoms with Gasteiger partial charge in [0.05, 0.1) is 6.04 Å². The quantitative estimate of drug-likeness (QED) is 0.846. The van der Waals surface area contributed by atoms with Crippen molar-refractivity contribution in [2.75, 3.05) is 0 Å². The lowest BCUT2D eigenvalue weighted by Gasteiger charge is -2.07. The Bertz CT molecular complexity index is 395. The highest BCUT2D eigenvalue weighted by atomic mass is 79.9. The van der Waals surface area contributed by atoms with Gasteiger partial charge in [0, 0.05) is 17.3 Å². The van der Waals surface area contributed by atoms with E-state index in [1.54, 1.807) is 0 Å². The first-order valence-electron chi connectivity index (χ1n) is 4.59. The standard InChI is InChI=1S/C12H12BrNO/c1-2-4-11(14)12(15)8-9-5-3-6-10(13)7-9/h1,3,5-7,11H,4,8,14H2. The monoisotopic (exact) mass is 265 g/mol. The zero-order chi connectivity index (χ0) is 11.3. The first-order valence-corrected chi connectivity index (χ1v) is 5.39. The molecule has 0 fully saturated rings. The lowest BCUT2D eigenvalue weighted by molar-refractivity contribution is -0.119. The maximum Gasteiger partial charge on any atom is 0.154 e. The molecule has 2 N–H and O–H groups in total. The van der Waals surface area contributed by atoms with Crippen molar-refractivity contribution in [1.29, 1.82) is 0 Å². The summed E-state index contributed by atoms with van der Waals surface area (Å²) in [5, 5.41) is 0. The molecule has 0 amide bonds. The molecule has 78 valence electrons. The van der Waals surface area contributed by atoms with Gasteiger partial charge in [-0.3, -0.25) is 4.79 Å². The topological polar surface area (TPSA) is 43.1 Å². The molecule has 1 aromatic carbocycles. The molecule has 0 radical (unpaired) electrons. The third-order valence-corrected chi connectivity index (χ3v) is 2.51. The van der Waals surface area contributed by atoms with Crippen LogP contribution in [-0.2, 0) is 11.2 Å². The van der Waals surface area contributed by atoms with Crippen LogP contribution in [0.5, 0.6) is 0 Å². The van der Waals surface area contributed by atoms with Crippen LogP contribution in [0, 0.1) is 12.3 Å². The third-order valence-electron chi connectivity index (χ3n) is 2.02. The fourth-order valence-corrected chi connectivity index (χ4v) is 1.67. The van der Waals surface area contributed by atoms with Gasteiger partial charge in [-0.15, -0.1) is 12.3 Å². The predicted molar refractivity (Wildman–Crippen MR) is 64.3 cm³/mol. The van der Waals surface area contributed by atoms with Crippen LogP contribution >= 0.6 is 15.9 Å². The Morgan fingerprint density at radius 2 is 2.33 bits per heavy atom. The molecule has 0 heterocycles. The molecule has 15 heavy (non-hydrogen) atoms. The average molecular weight is 266 g/mol. The van der Waals surface area contributed by atoms with Crippen molar-refractivity contribution in [1.82, 2.24) is 0 Å². The van der Waals surface area contributed by atoms with Crippen molar-refractivity contribution in [2.24, 2.45) is 5.73 Å². The summed E-state index contributed by atoms with van der Waals surface area (Å²) >= 11 is 3.34. The Morgan fingerprint density at radius 1 is 1.60 bits per heavy atom. The Labute approximate surface area is 98.0 Å². The smallest absolute Gasteiger partial charge is 0.154 e. The van der Waals surface area contributed by atoms with Gasteiger partial charge in [0.2, 0.25) is 0 Å². The van der Waals surface area contributed by atoms with E-state index in [0.29, 0.717) is 12.8 Å². The predicted octanol–water partition coefficient (Wildman–Crippen LogP) is 1.91. The maximum atomic E-state index is 11.6. The Morgan fingerprint density at radius 3 is 2.93 bits per heavy atom. The number of benzene rings is 1. The molecule has 3 heteroatoms. The summed E-state index contributed by atoms with van der Waals surface area (Å²) < 4.78 is 0.957. The number of hydrogen-bond acceptors (Lipinski definition) is 2. The van der Waals surface area contributed by atoms with Crippen LogP contribution < -0.4 is 5.73 Å². The largest absolute Gasteiger partial charge is 0.321 e. The van der Waals surface area contributed by atoms with Crippen molar-refractivity contribution < 1.29 is 4.79 Å². The van der Waals surface area contributed by atoms with Gasteiger partial charge in [-0.2, -0.15) is 0 Å². The molecule has 1 aromatic rings. The molecular weight excluding hydrogens is 254 g/mol. The fourth-order valence-electron chi connectivity index (χ4n) is 1.22. The molecule has 0 aliphatic rings. The summed E-state index contributed by atoms with van der Waals surface area (Å²) in [4.78, 5) is 11.6. The molecule has 1 atom stereocenters. The van der Waals surface area contributed by atoms with E-state index in [-0.39, 0.29) is 5.78 Å². The zero-order valence-electron chi connectivity index (χ0n) is 8.24. The lowest BCUT2D eigenvalue weighted by Crippen LogP contribution is -2.31. The molecule has 1 unspecified atom stereocenters. The second kappa shape index (κ2) is 5.69. The van der Waals surface area contributed by atoms with Gasteiger partial charge in [-0.25, -0.2) is 0 Å². The molecule has 0 aromatic heterocycles. The molecular formula is C12H12BrNO. The van der Waals surface area contributed by atoms with Gasteiger partial charge in [-0.05, 0) is 17.7 Å². The summed E-state index contributed by atoms with van der Waals surface area (Å²) in [6, 6.07) is 7.05. The average Bonchev–Trinajstić information content (AvgIpc) is 2.18. The molecule has 0 saturated carbocycles.